The molecule has 0 saturated carbocycles. The SMILES string of the molecule is CCCCCc1cccc(N)c1N. The Bertz CT molecular complexity index is 269. The molecule has 0 atom stereocenters. The fourth-order valence-electron chi connectivity index (χ4n) is 1.42. The molecule has 0 aromatic heterocycles. The third-order valence-corrected chi connectivity index (χ3v) is 2.28. The molecule has 13 heavy (non-hydrogen) atoms. The van der Waals surface area contributed by atoms with Gasteiger partial charge in [0.1, 0.15) is 0 Å². The highest BCUT2D eigenvalue weighted by molar-refractivity contribution is 5.67. The lowest BCUT2D eigenvalue weighted by Crippen LogP contribution is -1.99. The van der Waals surface area contributed by atoms with Gasteiger partial charge in [-0.05, 0) is 24.5 Å². The van der Waals surface area contributed by atoms with Gasteiger partial charge in [0.05, 0.1) is 11.4 Å². The summed E-state index contributed by atoms with van der Waals surface area (Å²) in [5.41, 5.74) is 14.2. The Morgan fingerprint density at radius 2 is 1.92 bits per heavy atom. The van der Waals surface area contributed by atoms with Crippen LogP contribution in [-0.2, 0) is 6.42 Å². The molecule has 0 aliphatic heterocycles. The van der Waals surface area contributed by atoms with Crippen LogP contribution in [-0.4, -0.2) is 0 Å². The summed E-state index contributed by atoms with van der Waals surface area (Å²) in [5, 5.41) is 0. The number of hydrogen-bond donors (Lipinski definition) is 2. The first-order valence-corrected chi connectivity index (χ1v) is 4.88. The standard InChI is InChI=1S/C11H18N2/c1-2-3-4-6-9-7-5-8-10(12)11(9)13/h5,7-8H,2-4,6,12-13H2,1H3. The summed E-state index contributed by atoms with van der Waals surface area (Å²) < 4.78 is 0. The lowest BCUT2D eigenvalue weighted by atomic mass is 10.0. The molecule has 0 radical (unpaired) electrons. The van der Waals surface area contributed by atoms with E-state index in [1.807, 2.05) is 12.1 Å². The normalized spacial score (nSPS) is 10.2. The second-order valence-corrected chi connectivity index (χ2v) is 3.38. The monoisotopic (exact) mass is 178 g/mol. The molecule has 2 heteroatoms. The van der Waals surface area contributed by atoms with Crippen molar-refractivity contribution in [3.8, 4) is 0 Å². The van der Waals surface area contributed by atoms with Crippen LogP contribution in [0.4, 0.5) is 11.4 Å². The van der Waals surface area contributed by atoms with Crippen molar-refractivity contribution in [2.24, 2.45) is 0 Å². The van der Waals surface area contributed by atoms with Crippen LogP contribution >= 0.6 is 0 Å². The summed E-state index contributed by atoms with van der Waals surface area (Å²) in [6, 6.07) is 5.87. The van der Waals surface area contributed by atoms with Gasteiger partial charge in [-0.15, -0.1) is 0 Å². The number of nitrogen functional groups attached to an aromatic ring is 2. The Labute approximate surface area is 79.9 Å². The van der Waals surface area contributed by atoms with E-state index in [-0.39, 0.29) is 0 Å². The van der Waals surface area contributed by atoms with Gasteiger partial charge in [0, 0.05) is 0 Å². The Morgan fingerprint density at radius 1 is 1.15 bits per heavy atom. The summed E-state index contributed by atoms with van der Waals surface area (Å²) in [4.78, 5) is 0. The average Bonchev–Trinajstić information content (AvgIpc) is 2.13. The van der Waals surface area contributed by atoms with Crippen LogP contribution in [0.25, 0.3) is 0 Å². The number of nitrogens with two attached hydrogens (primary N) is 2. The zero-order valence-electron chi connectivity index (χ0n) is 8.22. The minimum absolute atomic E-state index is 0.703. The minimum atomic E-state index is 0.703. The molecule has 0 unspecified atom stereocenters. The van der Waals surface area contributed by atoms with Crippen molar-refractivity contribution in [2.45, 2.75) is 32.6 Å². The summed E-state index contributed by atoms with van der Waals surface area (Å²) in [7, 11) is 0. The molecule has 0 bridgehead atoms. The second kappa shape index (κ2) is 4.75. The van der Waals surface area contributed by atoms with E-state index >= 15 is 0 Å². The highest BCUT2D eigenvalue weighted by Crippen LogP contribution is 2.21. The molecule has 0 spiro atoms. The molecular weight excluding hydrogens is 160 g/mol. The van der Waals surface area contributed by atoms with Gasteiger partial charge >= 0.3 is 0 Å². The first-order chi connectivity index (χ1) is 6.25. The molecule has 0 amide bonds. The van der Waals surface area contributed by atoms with Crippen LogP contribution in [0.2, 0.25) is 0 Å². The van der Waals surface area contributed by atoms with Gasteiger partial charge in [0.25, 0.3) is 0 Å². The first kappa shape index (κ1) is 9.90. The number of aryl methyl sites for hydroxylation is 1. The summed E-state index contributed by atoms with van der Waals surface area (Å²) in [6.45, 7) is 2.20. The predicted octanol–water partition coefficient (Wildman–Crippen LogP) is 2.58. The third-order valence-electron chi connectivity index (χ3n) is 2.28. The third kappa shape index (κ3) is 2.65. The van der Waals surface area contributed by atoms with E-state index in [1.165, 1.54) is 24.8 Å². The van der Waals surface area contributed by atoms with Gasteiger partial charge in [-0.25, -0.2) is 0 Å². The number of benzene rings is 1. The van der Waals surface area contributed by atoms with Gasteiger partial charge in [-0.2, -0.15) is 0 Å². The smallest absolute Gasteiger partial charge is 0.0580 e. The van der Waals surface area contributed by atoms with Crippen LogP contribution in [0.5, 0.6) is 0 Å². The van der Waals surface area contributed by atoms with Gasteiger partial charge in [-0.1, -0.05) is 31.9 Å². The molecule has 1 aromatic rings. The van der Waals surface area contributed by atoms with E-state index in [4.69, 9.17) is 11.5 Å². The van der Waals surface area contributed by atoms with E-state index in [2.05, 4.69) is 13.0 Å². The maximum absolute atomic E-state index is 5.84. The predicted molar refractivity (Wildman–Crippen MR) is 58.5 cm³/mol. The van der Waals surface area contributed by atoms with Crippen molar-refractivity contribution in [1.29, 1.82) is 0 Å². The lowest BCUT2D eigenvalue weighted by Gasteiger charge is -2.06. The maximum atomic E-state index is 5.84. The molecule has 0 aliphatic rings. The number of anilines is 2. The number of hydrogen-bond acceptors (Lipinski definition) is 2. The van der Waals surface area contributed by atoms with E-state index in [1.54, 1.807) is 0 Å². The highest BCUT2D eigenvalue weighted by atomic mass is 14.7. The second-order valence-electron chi connectivity index (χ2n) is 3.38. The van der Waals surface area contributed by atoms with Gasteiger partial charge < -0.3 is 11.5 Å². The zero-order valence-corrected chi connectivity index (χ0v) is 8.22. The highest BCUT2D eigenvalue weighted by Gasteiger charge is 2.00. The topological polar surface area (TPSA) is 52.0 Å². The molecule has 0 fully saturated rings. The van der Waals surface area contributed by atoms with Crippen molar-refractivity contribution in [2.75, 3.05) is 11.5 Å². The van der Waals surface area contributed by atoms with Crippen LogP contribution in [0, 0.1) is 0 Å². The molecule has 1 aromatic carbocycles. The Balaban J connectivity index is 2.61. The van der Waals surface area contributed by atoms with Gasteiger partial charge in [0.15, 0.2) is 0 Å². The summed E-state index contributed by atoms with van der Waals surface area (Å²) in [5.74, 6) is 0. The average molecular weight is 178 g/mol. The number of rotatable bonds is 4. The van der Waals surface area contributed by atoms with Gasteiger partial charge in [-0.3, -0.25) is 0 Å². The van der Waals surface area contributed by atoms with Crippen molar-refractivity contribution in [3.63, 3.8) is 0 Å². The summed E-state index contributed by atoms with van der Waals surface area (Å²) >= 11 is 0. The van der Waals surface area contributed by atoms with Crippen molar-refractivity contribution in [1.82, 2.24) is 0 Å². The Hall–Kier alpha value is -1.18. The van der Waals surface area contributed by atoms with Crippen molar-refractivity contribution < 1.29 is 0 Å². The van der Waals surface area contributed by atoms with Crippen LogP contribution in [0.3, 0.4) is 0 Å². The maximum Gasteiger partial charge on any atom is 0.0580 e. The van der Waals surface area contributed by atoms with Crippen LogP contribution < -0.4 is 11.5 Å². The molecule has 4 N–H and O–H groups in total. The molecule has 72 valence electrons. The van der Waals surface area contributed by atoms with E-state index < -0.39 is 0 Å². The largest absolute Gasteiger partial charge is 0.397 e. The van der Waals surface area contributed by atoms with Gasteiger partial charge in [0.2, 0.25) is 0 Å². The Kier molecular flexibility index (Phi) is 3.62. The summed E-state index contributed by atoms with van der Waals surface area (Å²) in [6.07, 6.45) is 4.74. The number of para-hydroxylation sites is 1. The zero-order chi connectivity index (χ0) is 9.68. The quantitative estimate of drug-likeness (QED) is 0.550. The molecule has 0 aliphatic carbocycles. The minimum Gasteiger partial charge on any atom is -0.397 e. The fraction of sp³-hybridized carbons (Fsp3) is 0.455. The molecule has 2 nitrogen and oxygen atoms in total. The Morgan fingerprint density at radius 3 is 2.62 bits per heavy atom. The lowest BCUT2D eigenvalue weighted by molar-refractivity contribution is 0.718. The fourth-order valence-corrected chi connectivity index (χ4v) is 1.42. The van der Waals surface area contributed by atoms with E-state index in [9.17, 15) is 0 Å². The van der Waals surface area contributed by atoms with Crippen molar-refractivity contribution >= 4 is 11.4 Å². The van der Waals surface area contributed by atoms with Crippen LogP contribution in [0.15, 0.2) is 18.2 Å². The van der Waals surface area contributed by atoms with E-state index in [0.29, 0.717) is 5.69 Å². The first-order valence-electron chi connectivity index (χ1n) is 4.88. The number of unbranched alkanes of at least 4 members (excludes halogenated alkanes) is 2. The molecular formula is C11H18N2. The molecule has 0 saturated heterocycles. The molecule has 1 rings (SSSR count). The van der Waals surface area contributed by atoms with Crippen LogP contribution in [0.1, 0.15) is 31.7 Å². The van der Waals surface area contributed by atoms with Crippen molar-refractivity contribution in [3.05, 3.63) is 23.8 Å². The van der Waals surface area contributed by atoms with E-state index in [0.717, 1.165) is 12.1 Å². The molecule has 0 heterocycles.